The van der Waals surface area contributed by atoms with Crippen molar-refractivity contribution in [3.8, 4) is 0 Å². The zero-order valence-electron chi connectivity index (χ0n) is 9.68. The van der Waals surface area contributed by atoms with E-state index in [0.717, 1.165) is 11.3 Å². The molecule has 3 rings (SSSR count). The lowest BCUT2D eigenvalue weighted by molar-refractivity contribution is 0.0936. The van der Waals surface area contributed by atoms with Gasteiger partial charge in [0, 0.05) is 11.4 Å². The fourth-order valence-corrected chi connectivity index (χ4v) is 2.09. The van der Waals surface area contributed by atoms with Crippen LogP contribution in [-0.4, -0.2) is 5.91 Å². The molecular weight excluding hydrogens is 226 g/mol. The lowest BCUT2D eigenvalue weighted by atomic mass is 10.1. The fraction of sp³-hybridized carbons (Fsp3) is 0.0714. The Hall–Kier alpha value is -2.49. The van der Waals surface area contributed by atoms with Crippen molar-refractivity contribution in [2.45, 2.75) is 6.17 Å². The molecule has 0 saturated carbocycles. The van der Waals surface area contributed by atoms with Crippen LogP contribution in [0.1, 0.15) is 22.1 Å². The van der Waals surface area contributed by atoms with Gasteiger partial charge in [0.2, 0.25) is 0 Å². The van der Waals surface area contributed by atoms with Gasteiger partial charge in [0.15, 0.2) is 0 Å². The summed E-state index contributed by atoms with van der Waals surface area (Å²) in [5.41, 5.74) is 8.68. The topological polar surface area (TPSA) is 67.2 Å². The second-order valence-corrected chi connectivity index (χ2v) is 4.27. The Morgan fingerprint density at radius 3 is 2.56 bits per heavy atom. The first-order chi connectivity index (χ1) is 8.74. The SMILES string of the molecule is Nc1ccc2c(c1)C(=O)NC(c1ccccc1)N2. The Bertz CT molecular complexity index is 595. The van der Waals surface area contributed by atoms with Gasteiger partial charge in [-0.15, -0.1) is 0 Å². The molecule has 4 heteroatoms. The minimum Gasteiger partial charge on any atom is -0.399 e. The van der Waals surface area contributed by atoms with Gasteiger partial charge in [-0.2, -0.15) is 0 Å². The van der Waals surface area contributed by atoms with Gasteiger partial charge in [0.1, 0.15) is 6.17 Å². The number of carbonyl (C=O) groups is 1. The molecule has 4 N–H and O–H groups in total. The van der Waals surface area contributed by atoms with E-state index >= 15 is 0 Å². The van der Waals surface area contributed by atoms with Gasteiger partial charge in [-0.25, -0.2) is 0 Å². The maximum atomic E-state index is 12.0. The summed E-state index contributed by atoms with van der Waals surface area (Å²) in [5, 5.41) is 6.19. The zero-order chi connectivity index (χ0) is 12.5. The van der Waals surface area contributed by atoms with Crippen LogP contribution in [0.5, 0.6) is 0 Å². The lowest BCUT2D eigenvalue weighted by Crippen LogP contribution is -2.38. The van der Waals surface area contributed by atoms with Crippen LogP contribution in [0.25, 0.3) is 0 Å². The summed E-state index contributed by atoms with van der Waals surface area (Å²) in [6, 6.07) is 15.1. The minimum absolute atomic E-state index is 0.107. The Labute approximate surface area is 105 Å². The first-order valence-electron chi connectivity index (χ1n) is 5.76. The highest BCUT2D eigenvalue weighted by molar-refractivity contribution is 6.02. The third-order valence-electron chi connectivity index (χ3n) is 3.00. The molecule has 1 aliphatic rings. The van der Waals surface area contributed by atoms with Crippen molar-refractivity contribution in [2.24, 2.45) is 0 Å². The van der Waals surface area contributed by atoms with Crippen LogP contribution in [0.3, 0.4) is 0 Å². The van der Waals surface area contributed by atoms with E-state index in [9.17, 15) is 4.79 Å². The smallest absolute Gasteiger partial charge is 0.255 e. The molecule has 0 aliphatic carbocycles. The summed E-state index contributed by atoms with van der Waals surface area (Å²) in [6.07, 6.45) is -0.199. The standard InChI is InChI=1S/C14H13N3O/c15-10-6-7-12-11(8-10)14(18)17-13(16-12)9-4-2-1-3-5-9/h1-8,13,16H,15H2,(H,17,18). The maximum Gasteiger partial charge on any atom is 0.255 e. The molecule has 18 heavy (non-hydrogen) atoms. The molecule has 0 saturated heterocycles. The number of nitrogen functional groups attached to an aromatic ring is 1. The number of nitrogens with two attached hydrogens (primary N) is 1. The third kappa shape index (κ3) is 1.78. The number of amides is 1. The van der Waals surface area contributed by atoms with E-state index in [1.807, 2.05) is 36.4 Å². The van der Waals surface area contributed by atoms with Crippen LogP contribution in [0.4, 0.5) is 11.4 Å². The van der Waals surface area contributed by atoms with Gasteiger partial charge in [-0.3, -0.25) is 4.79 Å². The molecule has 90 valence electrons. The highest BCUT2D eigenvalue weighted by Crippen LogP contribution is 2.27. The summed E-state index contributed by atoms with van der Waals surface area (Å²) in [7, 11) is 0. The maximum absolute atomic E-state index is 12.0. The van der Waals surface area contributed by atoms with Gasteiger partial charge in [-0.05, 0) is 23.8 Å². The molecule has 1 aliphatic heterocycles. The highest BCUT2D eigenvalue weighted by Gasteiger charge is 2.24. The van der Waals surface area contributed by atoms with Crippen LogP contribution < -0.4 is 16.4 Å². The number of hydrogen-bond acceptors (Lipinski definition) is 3. The van der Waals surface area contributed by atoms with Gasteiger partial charge < -0.3 is 16.4 Å². The summed E-state index contributed by atoms with van der Waals surface area (Å²) in [4.78, 5) is 12.0. The largest absolute Gasteiger partial charge is 0.399 e. The number of fused-ring (bicyclic) bond motifs is 1. The molecule has 2 aromatic rings. The van der Waals surface area contributed by atoms with E-state index in [-0.39, 0.29) is 12.1 Å². The number of nitrogens with one attached hydrogen (secondary N) is 2. The summed E-state index contributed by atoms with van der Waals surface area (Å²) < 4.78 is 0. The molecule has 1 unspecified atom stereocenters. The lowest BCUT2D eigenvalue weighted by Gasteiger charge is -2.28. The molecule has 0 aromatic heterocycles. The predicted octanol–water partition coefficient (Wildman–Crippen LogP) is 2.12. The predicted molar refractivity (Wildman–Crippen MR) is 71.1 cm³/mol. The van der Waals surface area contributed by atoms with Crippen LogP contribution in [0.2, 0.25) is 0 Å². The average molecular weight is 239 g/mol. The third-order valence-corrected chi connectivity index (χ3v) is 3.00. The van der Waals surface area contributed by atoms with Crippen molar-refractivity contribution in [3.05, 3.63) is 59.7 Å². The quantitative estimate of drug-likeness (QED) is 0.668. The number of benzene rings is 2. The van der Waals surface area contributed by atoms with E-state index in [2.05, 4.69) is 10.6 Å². The monoisotopic (exact) mass is 239 g/mol. The fourth-order valence-electron chi connectivity index (χ4n) is 2.09. The van der Waals surface area contributed by atoms with Crippen molar-refractivity contribution < 1.29 is 4.79 Å². The number of anilines is 2. The summed E-state index contributed by atoms with van der Waals surface area (Å²) in [6.45, 7) is 0. The van der Waals surface area contributed by atoms with Crippen LogP contribution in [-0.2, 0) is 0 Å². The van der Waals surface area contributed by atoms with Crippen molar-refractivity contribution in [1.82, 2.24) is 5.32 Å². The van der Waals surface area contributed by atoms with E-state index < -0.39 is 0 Å². The first-order valence-corrected chi connectivity index (χ1v) is 5.76. The second-order valence-electron chi connectivity index (χ2n) is 4.27. The zero-order valence-corrected chi connectivity index (χ0v) is 9.68. The number of hydrogen-bond donors (Lipinski definition) is 3. The van der Waals surface area contributed by atoms with Crippen molar-refractivity contribution in [3.63, 3.8) is 0 Å². The highest BCUT2D eigenvalue weighted by atomic mass is 16.2. The van der Waals surface area contributed by atoms with Crippen molar-refractivity contribution in [1.29, 1.82) is 0 Å². The normalized spacial score (nSPS) is 17.6. The van der Waals surface area contributed by atoms with Crippen LogP contribution >= 0.6 is 0 Å². The molecule has 2 aromatic carbocycles. The number of carbonyl (C=O) groups excluding carboxylic acids is 1. The van der Waals surface area contributed by atoms with E-state index in [1.54, 1.807) is 12.1 Å². The van der Waals surface area contributed by atoms with Crippen LogP contribution in [0, 0.1) is 0 Å². The van der Waals surface area contributed by atoms with Gasteiger partial charge >= 0.3 is 0 Å². The second kappa shape index (κ2) is 4.07. The molecule has 0 fully saturated rings. The first kappa shape index (κ1) is 10.7. The molecule has 0 radical (unpaired) electrons. The summed E-state index contributed by atoms with van der Waals surface area (Å²) >= 11 is 0. The molecule has 0 spiro atoms. The minimum atomic E-state index is -0.199. The Morgan fingerprint density at radius 2 is 1.78 bits per heavy atom. The van der Waals surface area contributed by atoms with E-state index in [4.69, 9.17) is 5.73 Å². The van der Waals surface area contributed by atoms with E-state index in [0.29, 0.717) is 11.3 Å². The van der Waals surface area contributed by atoms with Gasteiger partial charge in [0.05, 0.1) is 5.56 Å². The Morgan fingerprint density at radius 1 is 1.00 bits per heavy atom. The average Bonchev–Trinajstić information content (AvgIpc) is 2.40. The van der Waals surface area contributed by atoms with E-state index in [1.165, 1.54) is 0 Å². The van der Waals surface area contributed by atoms with Gasteiger partial charge in [-0.1, -0.05) is 30.3 Å². The molecule has 1 atom stereocenters. The van der Waals surface area contributed by atoms with Crippen molar-refractivity contribution >= 4 is 17.3 Å². The Balaban J connectivity index is 1.97. The molecule has 0 bridgehead atoms. The number of rotatable bonds is 1. The summed E-state index contributed by atoms with van der Waals surface area (Å²) in [5.74, 6) is -0.107. The molecule has 4 nitrogen and oxygen atoms in total. The molecule has 1 amide bonds. The molecule has 1 heterocycles. The Kier molecular flexibility index (Phi) is 2.41. The molecular formula is C14H13N3O. The van der Waals surface area contributed by atoms with Crippen LogP contribution in [0.15, 0.2) is 48.5 Å². The van der Waals surface area contributed by atoms with Crippen molar-refractivity contribution in [2.75, 3.05) is 11.1 Å². The van der Waals surface area contributed by atoms with Gasteiger partial charge in [0.25, 0.3) is 5.91 Å².